The number of aliphatic imine (C=N–C) groups is 1. The van der Waals surface area contributed by atoms with E-state index < -0.39 is 0 Å². The van der Waals surface area contributed by atoms with Gasteiger partial charge >= 0.3 is 0 Å². The van der Waals surface area contributed by atoms with Crippen molar-refractivity contribution in [3.05, 3.63) is 90.1 Å². The number of guanidine groups is 1. The van der Waals surface area contributed by atoms with E-state index in [9.17, 15) is 4.79 Å². The van der Waals surface area contributed by atoms with Crippen molar-refractivity contribution in [3.63, 3.8) is 0 Å². The van der Waals surface area contributed by atoms with Gasteiger partial charge in [-0.15, -0.1) is 0 Å². The fourth-order valence-corrected chi connectivity index (χ4v) is 5.51. The number of fused-ring (bicyclic) bond motifs is 2. The number of pyridine rings is 1. The molecule has 184 valence electrons. The summed E-state index contributed by atoms with van der Waals surface area (Å²) in [7, 11) is 0. The summed E-state index contributed by atoms with van der Waals surface area (Å²) in [5, 5.41) is 3.15. The Morgan fingerprint density at radius 1 is 0.944 bits per heavy atom. The van der Waals surface area contributed by atoms with Gasteiger partial charge in [0.15, 0.2) is 5.96 Å². The lowest BCUT2D eigenvalue weighted by atomic mass is 9.81. The summed E-state index contributed by atoms with van der Waals surface area (Å²) in [5.41, 5.74) is 13.9. The van der Waals surface area contributed by atoms with Crippen LogP contribution in [0.5, 0.6) is 0 Å². The van der Waals surface area contributed by atoms with Crippen LogP contribution in [0.25, 0.3) is 21.7 Å². The van der Waals surface area contributed by atoms with Gasteiger partial charge in [0.2, 0.25) is 0 Å². The first-order valence-electron chi connectivity index (χ1n) is 12.7. The van der Waals surface area contributed by atoms with Gasteiger partial charge in [-0.25, -0.2) is 0 Å². The number of carbonyl (C=O) groups excluding carboxylic acids is 1. The standard InChI is InChI=1S/C30H33N5O/c31-30(32)34-17-21-7-5-8-22(15-21)19-35(20-23-16-25-10-2-4-14-28(25)33-18-23)29(36)27-13-6-11-24-9-1-3-12-26(24)27/h1-4,6,9-14,16,18,21-22H,5,7-8,15,17,19-20H2,(H4,31,32,34). The van der Waals surface area contributed by atoms with Crippen molar-refractivity contribution >= 4 is 33.5 Å². The Bertz CT molecular complexity index is 1390. The maximum Gasteiger partial charge on any atom is 0.254 e. The normalized spacial score (nSPS) is 17.7. The molecule has 4 aromatic rings. The first kappa shape index (κ1) is 23.8. The molecule has 0 saturated heterocycles. The lowest BCUT2D eigenvalue weighted by molar-refractivity contribution is 0.0689. The molecule has 0 aliphatic heterocycles. The molecule has 6 heteroatoms. The predicted octanol–water partition coefficient (Wildman–Crippen LogP) is 5.11. The maximum absolute atomic E-state index is 14.0. The molecule has 5 rings (SSSR count). The van der Waals surface area contributed by atoms with E-state index in [1.54, 1.807) is 0 Å². The van der Waals surface area contributed by atoms with Gasteiger partial charge in [-0.3, -0.25) is 14.8 Å². The van der Waals surface area contributed by atoms with E-state index in [4.69, 9.17) is 11.5 Å². The molecule has 3 aromatic carbocycles. The Hall–Kier alpha value is -3.93. The highest BCUT2D eigenvalue weighted by atomic mass is 16.2. The van der Waals surface area contributed by atoms with Gasteiger partial charge in [0.05, 0.1) is 5.52 Å². The average Bonchev–Trinajstić information content (AvgIpc) is 2.91. The van der Waals surface area contributed by atoms with Crippen LogP contribution in [0.2, 0.25) is 0 Å². The van der Waals surface area contributed by atoms with Gasteiger partial charge in [-0.2, -0.15) is 0 Å². The zero-order chi connectivity index (χ0) is 24.9. The van der Waals surface area contributed by atoms with E-state index >= 15 is 0 Å². The Morgan fingerprint density at radius 2 is 1.69 bits per heavy atom. The third-order valence-corrected chi connectivity index (χ3v) is 7.23. The summed E-state index contributed by atoms with van der Waals surface area (Å²) in [5.74, 6) is 1.06. The van der Waals surface area contributed by atoms with Crippen LogP contribution in [0.15, 0.2) is 84.0 Å². The van der Waals surface area contributed by atoms with Gasteiger partial charge in [0.25, 0.3) is 5.91 Å². The third-order valence-electron chi connectivity index (χ3n) is 7.23. The number of hydrogen-bond acceptors (Lipinski definition) is 3. The fourth-order valence-electron chi connectivity index (χ4n) is 5.51. The smallest absolute Gasteiger partial charge is 0.254 e. The number of benzene rings is 3. The molecular weight excluding hydrogens is 446 g/mol. The second kappa shape index (κ2) is 10.8. The first-order chi connectivity index (χ1) is 17.6. The molecule has 1 heterocycles. The highest BCUT2D eigenvalue weighted by molar-refractivity contribution is 6.07. The van der Waals surface area contributed by atoms with Gasteiger partial charge < -0.3 is 16.4 Å². The lowest BCUT2D eigenvalue weighted by Gasteiger charge is -2.33. The summed E-state index contributed by atoms with van der Waals surface area (Å²) in [6.45, 7) is 1.88. The third kappa shape index (κ3) is 5.48. The molecule has 1 aliphatic rings. The number of rotatable bonds is 7. The van der Waals surface area contributed by atoms with E-state index in [1.807, 2.05) is 59.6 Å². The molecule has 0 radical (unpaired) electrons. The van der Waals surface area contributed by atoms with Crippen LogP contribution in [0.1, 0.15) is 41.6 Å². The summed E-state index contributed by atoms with van der Waals surface area (Å²) in [4.78, 5) is 25.0. The number of nitrogens with zero attached hydrogens (tertiary/aromatic N) is 3. The molecule has 36 heavy (non-hydrogen) atoms. The number of amides is 1. The minimum atomic E-state index is 0.0614. The molecule has 0 bridgehead atoms. The van der Waals surface area contributed by atoms with Gasteiger partial charge in [-0.05, 0) is 65.6 Å². The van der Waals surface area contributed by atoms with Crippen molar-refractivity contribution in [1.82, 2.24) is 9.88 Å². The van der Waals surface area contributed by atoms with Gasteiger partial charge in [-0.1, -0.05) is 61.0 Å². The fraction of sp³-hybridized carbons (Fsp3) is 0.300. The van der Waals surface area contributed by atoms with Crippen LogP contribution in [0, 0.1) is 11.8 Å². The van der Waals surface area contributed by atoms with Crippen LogP contribution in [0.3, 0.4) is 0 Å². The molecule has 2 atom stereocenters. The number of carbonyl (C=O) groups is 1. The maximum atomic E-state index is 14.0. The average molecular weight is 480 g/mol. The van der Waals surface area contributed by atoms with Crippen LogP contribution < -0.4 is 11.5 Å². The molecule has 2 unspecified atom stereocenters. The summed E-state index contributed by atoms with van der Waals surface area (Å²) in [6.07, 6.45) is 6.27. The van der Waals surface area contributed by atoms with Gasteiger partial charge in [0, 0.05) is 36.8 Å². The molecule has 1 aromatic heterocycles. The van der Waals surface area contributed by atoms with Crippen LogP contribution >= 0.6 is 0 Å². The Kier molecular flexibility index (Phi) is 7.12. The van der Waals surface area contributed by atoms with E-state index in [2.05, 4.69) is 34.2 Å². The molecule has 1 aliphatic carbocycles. The van der Waals surface area contributed by atoms with Crippen molar-refractivity contribution < 1.29 is 4.79 Å². The number of hydrogen-bond donors (Lipinski definition) is 2. The van der Waals surface area contributed by atoms with Crippen molar-refractivity contribution in [2.24, 2.45) is 28.3 Å². The highest BCUT2D eigenvalue weighted by Crippen LogP contribution is 2.31. The van der Waals surface area contributed by atoms with Crippen molar-refractivity contribution in [3.8, 4) is 0 Å². The quantitative estimate of drug-likeness (QED) is 0.284. The first-order valence-corrected chi connectivity index (χ1v) is 12.7. The Balaban J connectivity index is 1.43. The van der Waals surface area contributed by atoms with Crippen molar-refractivity contribution in [2.45, 2.75) is 32.2 Å². The minimum Gasteiger partial charge on any atom is -0.370 e. The highest BCUT2D eigenvalue weighted by Gasteiger charge is 2.27. The van der Waals surface area contributed by atoms with Crippen LogP contribution in [-0.2, 0) is 6.54 Å². The monoisotopic (exact) mass is 479 g/mol. The molecule has 1 saturated carbocycles. The number of nitrogens with two attached hydrogens (primary N) is 2. The Labute approximate surface area is 212 Å². The largest absolute Gasteiger partial charge is 0.370 e. The van der Waals surface area contributed by atoms with E-state index in [0.29, 0.717) is 31.5 Å². The number of aromatic nitrogens is 1. The summed E-state index contributed by atoms with van der Waals surface area (Å²) in [6, 6.07) is 24.3. The zero-order valence-corrected chi connectivity index (χ0v) is 20.5. The van der Waals surface area contributed by atoms with Crippen LogP contribution in [0.4, 0.5) is 0 Å². The minimum absolute atomic E-state index is 0.0614. The predicted molar refractivity (Wildman–Crippen MR) is 147 cm³/mol. The van der Waals surface area contributed by atoms with E-state index in [0.717, 1.165) is 58.5 Å². The van der Waals surface area contributed by atoms with E-state index in [1.165, 1.54) is 0 Å². The molecule has 4 N–H and O–H groups in total. The van der Waals surface area contributed by atoms with Crippen molar-refractivity contribution in [1.29, 1.82) is 0 Å². The van der Waals surface area contributed by atoms with E-state index in [-0.39, 0.29) is 11.9 Å². The molecule has 0 spiro atoms. The topological polar surface area (TPSA) is 97.6 Å². The molecule has 6 nitrogen and oxygen atoms in total. The molecule has 1 fully saturated rings. The lowest BCUT2D eigenvalue weighted by Crippen LogP contribution is -2.37. The SMILES string of the molecule is NC(N)=NCC1CCCC(CN(Cc2cnc3ccccc3c2)C(=O)c2cccc3ccccc23)C1. The second-order valence-corrected chi connectivity index (χ2v) is 9.91. The summed E-state index contributed by atoms with van der Waals surface area (Å²) < 4.78 is 0. The Morgan fingerprint density at radius 3 is 2.56 bits per heavy atom. The van der Waals surface area contributed by atoms with Crippen LogP contribution in [-0.4, -0.2) is 34.8 Å². The molecular formula is C30H33N5O. The van der Waals surface area contributed by atoms with Crippen molar-refractivity contribution in [2.75, 3.05) is 13.1 Å². The molecule has 1 amide bonds. The zero-order valence-electron chi connectivity index (χ0n) is 20.5. The second-order valence-electron chi connectivity index (χ2n) is 9.91. The van der Waals surface area contributed by atoms with Gasteiger partial charge in [0.1, 0.15) is 0 Å². The summed E-state index contributed by atoms with van der Waals surface area (Å²) >= 11 is 0. The number of para-hydroxylation sites is 1.